The van der Waals surface area contributed by atoms with Crippen molar-refractivity contribution in [2.45, 2.75) is 39.0 Å². The van der Waals surface area contributed by atoms with Gasteiger partial charge in [-0.25, -0.2) is 0 Å². The van der Waals surface area contributed by atoms with Gasteiger partial charge in [0.15, 0.2) is 0 Å². The second-order valence-corrected chi connectivity index (χ2v) is 7.31. The van der Waals surface area contributed by atoms with Crippen molar-refractivity contribution in [3.05, 3.63) is 65.2 Å². The van der Waals surface area contributed by atoms with Crippen LogP contribution in [0.2, 0.25) is 0 Å². The third-order valence-electron chi connectivity index (χ3n) is 4.13. The minimum absolute atomic E-state index is 0.0614. The monoisotopic (exact) mass is 365 g/mol. The zero-order valence-corrected chi connectivity index (χ0v) is 15.8. The third-order valence-corrected chi connectivity index (χ3v) is 5.03. The predicted molar refractivity (Wildman–Crippen MR) is 107 cm³/mol. The molecule has 2 aromatic carbocycles. The topological polar surface area (TPSA) is 54.9 Å². The quantitative estimate of drug-likeness (QED) is 0.564. The molecule has 1 N–H and O–H groups in total. The lowest BCUT2D eigenvalue weighted by Crippen LogP contribution is -2.14. The lowest BCUT2D eigenvalue weighted by atomic mass is 10.0. The van der Waals surface area contributed by atoms with Gasteiger partial charge >= 0.3 is 0 Å². The Bertz CT molecular complexity index is 828. The molecule has 0 radical (unpaired) electrons. The zero-order valence-electron chi connectivity index (χ0n) is 14.9. The van der Waals surface area contributed by atoms with Gasteiger partial charge in [0.25, 0.3) is 0 Å². The molecule has 0 spiro atoms. The van der Waals surface area contributed by atoms with Crippen LogP contribution in [0.3, 0.4) is 0 Å². The number of anilines is 1. The number of nitrogens with one attached hydrogen (secondary N) is 1. The summed E-state index contributed by atoms with van der Waals surface area (Å²) in [4.78, 5) is 12.2. The summed E-state index contributed by atoms with van der Waals surface area (Å²) in [6, 6.07) is 18.3. The van der Waals surface area contributed by atoms with E-state index in [1.807, 2.05) is 30.3 Å². The fourth-order valence-corrected chi connectivity index (χ4v) is 3.52. The zero-order chi connectivity index (χ0) is 18.2. The minimum Gasteiger partial charge on any atom is -0.300 e. The Morgan fingerprint density at radius 1 is 0.962 bits per heavy atom. The van der Waals surface area contributed by atoms with E-state index in [-0.39, 0.29) is 5.91 Å². The summed E-state index contributed by atoms with van der Waals surface area (Å²) in [6.45, 7) is 2.18. The Hall–Kier alpha value is -2.53. The van der Waals surface area contributed by atoms with Crippen molar-refractivity contribution in [3.63, 3.8) is 0 Å². The van der Waals surface area contributed by atoms with E-state index >= 15 is 0 Å². The number of aryl methyl sites for hydroxylation is 1. The molecular formula is C21H23N3OS. The van der Waals surface area contributed by atoms with Gasteiger partial charge in [0.2, 0.25) is 11.0 Å². The molecule has 1 aromatic heterocycles. The number of benzene rings is 2. The van der Waals surface area contributed by atoms with Gasteiger partial charge < -0.3 is 5.32 Å². The van der Waals surface area contributed by atoms with Crippen molar-refractivity contribution in [2.24, 2.45) is 0 Å². The Kier molecular flexibility index (Phi) is 6.50. The summed E-state index contributed by atoms with van der Waals surface area (Å²) in [6.07, 6.45) is 4.76. The van der Waals surface area contributed by atoms with Gasteiger partial charge in [0.05, 0.1) is 6.42 Å². The average molecular weight is 366 g/mol. The van der Waals surface area contributed by atoms with E-state index in [2.05, 4.69) is 46.7 Å². The molecule has 0 aliphatic rings. The molecule has 0 bridgehead atoms. The SMILES string of the molecule is CCCCCc1nnc(NC(=O)Cc2ccc(-c3ccccc3)cc2)s1. The number of hydrogen-bond acceptors (Lipinski definition) is 4. The summed E-state index contributed by atoms with van der Waals surface area (Å²) >= 11 is 1.47. The summed E-state index contributed by atoms with van der Waals surface area (Å²) < 4.78 is 0. The average Bonchev–Trinajstić information content (AvgIpc) is 3.10. The van der Waals surface area contributed by atoms with Crippen LogP contribution < -0.4 is 5.32 Å². The van der Waals surface area contributed by atoms with Crippen molar-refractivity contribution < 1.29 is 4.79 Å². The number of nitrogens with zero attached hydrogens (tertiary/aromatic N) is 2. The Labute approximate surface area is 158 Å². The smallest absolute Gasteiger partial charge is 0.230 e. The van der Waals surface area contributed by atoms with E-state index in [1.165, 1.54) is 29.7 Å². The van der Waals surface area contributed by atoms with E-state index in [9.17, 15) is 4.79 Å². The van der Waals surface area contributed by atoms with Crippen LogP contribution in [0.15, 0.2) is 54.6 Å². The van der Waals surface area contributed by atoms with Gasteiger partial charge in [-0.2, -0.15) is 0 Å². The molecule has 0 aliphatic heterocycles. The first kappa shape index (κ1) is 18.3. The molecule has 0 aliphatic carbocycles. The molecule has 1 heterocycles. The second kappa shape index (κ2) is 9.25. The summed E-state index contributed by atoms with van der Waals surface area (Å²) in [7, 11) is 0. The summed E-state index contributed by atoms with van der Waals surface area (Å²) in [5.74, 6) is -0.0614. The minimum atomic E-state index is -0.0614. The van der Waals surface area contributed by atoms with Gasteiger partial charge in [-0.15, -0.1) is 10.2 Å². The number of carbonyl (C=O) groups excluding carboxylic acids is 1. The highest BCUT2D eigenvalue weighted by atomic mass is 32.1. The van der Waals surface area contributed by atoms with Crippen molar-refractivity contribution in [3.8, 4) is 11.1 Å². The molecule has 0 fully saturated rings. The van der Waals surface area contributed by atoms with E-state index in [1.54, 1.807) is 0 Å². The number of aromatic nitrogens is 2. The predicted octanol–water partition coefficient (Wildman–Crippen LogP) is 5.12. The Morgan fingerprint density at radius 3 is 2.42 bits per heavy atom. The summed E-state index contributed by atoms with van der Waals surface area (Å²) in [5.41, 5.74) is 3.30. The van der Waals surface area contributed by atoms with Crippen molar-refractivity contribution in [2.75, 3.05) is 5.32 Å². The number of hydrogen-bond donors (Lipinski definition) is 1. The molecule has 4 nitrogen and oxygen atoms in total. The number of amides is 1. The molecule has 26 heavy (non-hydrogen) atoms. The largest absolute Gasteiger partial charge is 0.300 e. The maximum atomic E-state index is 12.2. The molecule has 0 saturated heterocycles. The Morgan fingerprint density at radius 2 is 1.69 bits per heavy atom. The molecule has 134 valence electrons. The van der Waals surface area contributed by atoms with Crippen LogP contribution >= 0.6 is 11.3 Å². The molecule has 3 rings (SSSR count). The maximum absolute atomic E-state index is 12.2. The van der Waals surface area contributed by atoms with Gasteiger partial charge in [-0.3, -0.25) is 4.79 Å². The molecule has 1 amide bonds. The van der Waals surface area contributed by atoms with Gasteiger partial charge in [0.1, 0.15) is 5.01 Å². The fourth-order valence-electron chi connectivity index (χ4n) is 2.73. The van der Waals surface area contributed by atoms with Crippen molar-refractivity contribution in [1.29, 1.82) is 0 Å². The molecule has 0 atom stereocenters. The van der Waals surface area contributed by atoms with Crippen LogP contribution in [-0.4, -0.2) is 16.1 Å². The molecule has 3 aromatic rings. The summed E-state index contributed by atoms with van der Waals surface area (Å²) in [5, 5.41) is 12.6. The van der Waals surface area contributed by atoms with Gasteiger partial charge in [0, 0.05) is 6.42 Å². The van der Waals surface area contributed by atoms with Crippen LogP contribution in [0.4, 0.5) is 5.13 Å². The van der Waals surface area contributed by atoms with Crippen LogP contribution in [0.25, 0.3) is 11.1 Å². The standard InChI is InChI=1S/C21H23N3OS/c1-2-3-5-10-20-23-24-21(26-20)22-19(25)15-16-11-13-18(14-12-16)17-8-6-4-7-9-17/h4,6-9,11-14H,2-3,5,10,15H2,1H3,(H,22,24,25). The number of rotatable bonds is 8. The molecule has 5 heteroatoms. The van der Waals surface area contributed by atoms with E-state index in [0.29, 0.717) is 11.6 Å². The highest BCUT2D eigenvalue weighted by Gasteiger charge is 2.09. The first-order chi connectivity index (χ1) is 12.7. The maximum Gasteiger partial charge on any atom is 0.230 e. The molecular weight excluding hydrogens is 342 g/mol. The highest BCUT2D eigenvalue weighted by molar-refractivity contribution is 7.15. The first-order valence-electron chi connectivity index (χ1n) is 9.01. The molecule has 0 unspecified atom stereocenters. The Balaban J connectivity index is 1.53. The van der Waals surface area contributed by atoms with E-state index < -0.39 is 0 Å². The van der Waals surface area contributed by atoms with Crippen LogP contribution in [-0.2, 0) is 17.6 Å². The lowest BCUT2D eigenvalue weighted by Gasteiger charge is -2.04. The van der Waals surface area contributed by atoms with E-state index in [4.69, 9.17) is 0 Å². The number of unbranched alkanes of at least 4 members (excludes halogenated alkanes) is 2. The number of carbonyl (C=O) groups is 1. The molecule has 0 saturated carbocycles. The highest BCUT2D eigenvalue weighted by Crippen LogP contribution is 2.20. The van der Waals surface area contributed by atoms with Crippen LogP contribution in [0.5, 0.6) is 0 Å². The van der Waals surface area contributed by atoms with Crippen LogP contribution in [0, 0.1) is 0 Å². The van der Waals surface area contributed by atoms with Crippen molar-refractivity contribution in [1.82, 2.24) is 10.2 Å². The van der Waals surface area contributed by atoms with Gasteiger partial charge in [-0.05, 0) is 23.1 Å². The lowest BCUT2D eigenvalue weighted by molar-refractivity contribution is -0.115. The first-order valence-corrected chi connectivity index (χ1v) is 9.83. The van der Waals surface area contributed by atoms with Gasteiger partial charge in [-0.1, -0.05) is 85.7 Å². The fraction of sp³-hybridized carbons (Fsp3) is 0.286. The second-order valence-electron chi connectivity index (χ2n) is 6.25. The third kappa shape index (κ3) is 5.23. The van der Waals surface area contributed by atoms with E-state index in [0.717, 1.165) is 29.0 Å². The normalized spacial score (nSPS) is 10.7. The van der Waals surface area contributed by atoms with Crippen LogP contribution in [0.1, 0.15) is 36.8 Å². The van der Waals surface area contributed by atoms with Crippen molar-refractivity contribution >= 4 is 22.4 Å².